The Labute approximate surface area is 159 Å². The van der Waals surface area contributed by atoms with Gasteiger partial charge in [0.05, 0.1) is 5.75 Å². The summed E-state index contributed by atoms with van der Waals surface area (Å²) in [6.45, 7) is 2.16. The first kappa shape index (κ1) is 18.6. The number of benzene rings is 1. The molecule has 2 aromatic heterocycles. The number of nitrogens with one attached hydrogen (secondary N) is 1. The molecule has 1 aromatic carbocycles. The largest absolute Gasteiger partial charge is 0.325 e. The molecule has 0 aliphatic carbocycles. The van der Waals surface area contributed by atoms with Crippen LogP contribution in [0.25, 0.3) is 11.4 Å². The minimum Gasteiger partial charge on any atom is -0.325 e. The third-order valence-corrected chi connectivity index (χ3v) is 5.72. The zero-order chi connectivity index (χ0) is 18.5. The third-order valence-electron chi connectivity index (χ3n) is 3.70. The molecule has 26 heavy (non-hydrogen) atoms. The molecule has 0 fully saturated rings. The summed E-state index contributed by atoms with van der Waals surface area (Å²) >= 11 is 3.05. The Morgan fingerprint density at radius 1 is 1.31 bits per heavy atom. The van der Waals surface area contributed by atoms with Gasteiger partial charge in [-0.15, -0.1) is 21.5 Å². The number of thioether (sulfide) groups is 1. The van der Waals surface area contributed by atoms with Crippen LogP contribution in [0.4, 0.5) is 10.1 Å². The fourth-order valence-corrected chi connectivity index (χ4v) is 4.11. The van der Waals surface area contributed by atoms with Crippen LogP contribution in [0.3, 0.4) is 0 Å². The summed E-state index contributed by atoms with van der Waals surface area (Å²) in [6.07, 6.45) is 2.18. The average molecular weight is 391 g/mol. The number of carbonyl (C=O) groups excluding carboxylic acids is 1. The summed E-state index contributed by atoms with van der Waals surface area (Å²) in [7, 11) is 1.90. The van der Waals surface area contributed by atoms with E-state index in [0.29, 0.717) is 10.8 Å². The molecule has 3 aromatic rings. The summed E-state index contributed by atoms with van der Waals surface area (Å²) in [5.74, 6) is 0.491. The Morgan fingerprint density at radius 2 is 2.08 bits per heavy atom. The lowest BCUT2D eigenvalue weighted by atomic mass is 10.2. The van der Waals surface area contributed by atoms with E-state index in [-0.39, 0.29) is 17.5 Å². The smallest absolute Gasteiger partial charge is 0.234 e. The third kappa shape index (κ3) is 4.50. The Hall–Kier alpha value is -2.19. The SMILES string of the molecule is CCCc1cc(-c2nnc(SCC(=O)Nc3ccc(F)cc3)n2C)cs1. The highest BCUT2D eigenvalue weighted by atomic mass is 32.2. The van der Waals surface area contributed by atoms with E-state index in [1.807, 2.05) is 11.6 Å². The molecule has 1 amide bonds. The molecule has 0 aliphatic heterocycles. The first-order chi connectivity index (χ1) is 12.6. The highest BCUT2D eigenvalue weighted by Gasteiger charge is 2.14. The average Bonchev–Trinajstić information content (AvgIpc) is 3.22. The van der Waals surface area contributed by atoms with Crippen LogP contribution >= 0.6 is 23.1 Å². The zero-order valence-electron chi connectivity index (χ0n) is 14.5. The van der Waals surface area contributed by atoms with Gasteiger partial charge in [0.1, 0.15) is 5.82 Å². The fourth-order valence-electron chi connectivity index (χ4n) is 2.43. The Bertz CT molecular complexity index is 889. The second kappa shape index (κ2) is 8.46. The van der Waals surface area contributed by atoms with Crippen LogP contribution in [0.5, 0.6) is 0 Å². The van der Waals surface area contributed by atoms with Crippen LogP contribution in [0, 0.1) is 5.82 Å². The van der Waals surface area contributed by atoms with Gasteiger partial charge in [0.25, 0.3) is 0 Å². The van der Waals surface area contributed by atoms with Crippen molar-refractivity contribution in [3.05, 3.63) is 46.4 Å². The Morgan fingerprint density at radius 3 is 2.81 bits per heavy atom. The number of anilines is 1. The predicted molar refractivity (Wildman–Crippen MR) is 104 cm³/mol. The molecule has 0 spiro atoms. The fraction of sp³-hybridized carbons (Fsp3) is 0.278. The molecule has 0 aliphatic rings. The number of aromatic nitrogens is 3. The van der Waals surface area contributed by atoms with Crippen LogP contribution in [0.2, 0.25) is 0 Å². The van der Waals surface area contributed by atoms with Gasteiger partial charge in [0, 0.05) is 28.6 Å². The molecular weight excluding hydrogens is 371 g/mol. The van der Waals surface area contributed by atoms with Crippen LogP contribution < -0.4 is 5.32 Å². The predicted octanol–water partition coefficient (Wildman–Crippen LogP) is 4.37. The first-order valence-corrected chi connectivity index (χ1v) is 10.1. The van der Waals surface area contributed by atoms with Crippen molar-refractivity contribution in [1.29, 1.82) is 0 Å². The van der Waals surface area contributed by atoms with Crippen molar-refractivity contribution in [1.82, 2.24) is 14.8 Å². The highest BCUT2D eigenvalue weighted by Crippen LogP contribution is 2.27. The van der Waals surface area contributed by atoms with Crippen LogP contribution in [-0.2, 0) is 18.3 Å². The number of amides is 1. The van der Waals surface area contributed by atoms with Crippen molar-refractivity contribution in [2.45, 2.75) is 24.9 Å². The van der Waals surface area contributed by atoms with Crippen molar-refractivity contribution in [2.24, 2.45) is 7.05 Å². The molecule has 0 unspecified atom stereocenters. The molecule has 2 heterocycles. The van der Waals surface area contributed by atoms with E-state index in [9.17, 15) is 9.18 Å². The monoisotopic (exact) mass is 390 g/mol. The standard InChI is InChI=1S/C18H19FN4OS2/c1-3-4-15-9-12(10-25-15)17-21-22-18(23(17)2)26-11-16(24)20-14-7-5-13(19)6-8-14/h5-10H,3-4,11H2,1-2H3,(H,20,24). The number of carbonyl (C=O) groups is 1. The molecule has 0 radical (unpaired) electrons. The first-order valence-electron chi connectivity index (χ1n) is 8.22. The second-order valence-corrected chi connectivity index (χ2v) is 7.70. The van der Waals surface area contributed by atoms with Crippen molar-refractivity contribution in [3.63, 3.8) is 0 Å². The minimum absolute atomic E-state index is 0.174. The van der Waals surface area contributed by atoms with Gasteiger partial charge in [-0.05, 0) is 36.8 Å². The minimum atomic E-state index is -0.334. The maximum absolute atomic E-state index is 12.9. The van der Waals surface area contributed by atoms with Crippen molar-refractivity contribution in [3.8, 4) is 11.4 Å². The van der Waals surface area contributed by atoms with Crippen molar-refractivity contribution < 1.29 is 9.18 Å². The summed E-state index contributed by atoms with van der Waals surface area (Å²) in [4.78, 5) is 13.4. The molecule has 0 saturated carbocycles. The molecule has 0 saturated heterocycles. The van der Waals surface area contributed by atoms with Crippen LogP contribution in [0.1, 0.15) is 18.2 Å². The maximum Gasteiger partial charge on any atom is 0.234 e. The van der Waals surface area contributed by atoms with Gasteiger partial charge < -0.3 is 9.88 Å². The summed E-state index contributed by atoms with van der Waals surface area (Å²) in [5.41, 5.74) is 1.62. The van der Waals surface area contributed by atoms with Crippen LogP contribution in [-0.4, -0.2) is 26.4 Å². The van der Waals surface area contributed by atoms with Gasteiger partial charge >= 0.3 is 0 Å². The quantitative estimate of drug-likeness (QED) is 0.609. The van der Waals surface area contributed by atoms with Gasteiger partial charge in [-0.3, -0.25) is 4.79 Å². The number of halogens is 1. The summed E-state index contributed by atoms with van der Waals surface area (Å²) < 4.78 is 14.8. The Kier molecular flexibility index (Phi) is 6.05. The van der Waals surface area contributed by atoms with E-state index in [1.54, 1.807) is 11.3 Å². The lowest BCUT2D eigenvalue weighted by Crippen LogP contribution is -2.14. The van der Waals surface area contributed by atoms with Crippen LogP contribution in [0.15, 0.2) is 40.9 Å². The zero-order valence-corrected chi connectivity index (χ0v) is 16.2. The van der Waals surface area contributed by atoms with E-state index >= 15 is 0 Å². The molecule has 1 N–H and O–H groups in total. The van der Waals surface area contributed by atoms with Crippen molar-refractivity contribution in [2.75, 3.05) is 11.1 Å². The summed E-state index contributed by atoms with van der Waals surface area (Å²) in [5, 5.41) is 13.9. The number of hydrogen-bond acceptors (Lipinski definition) is 5. The van der Waals surface area contributed by atoms with E-state index in [1.165, 1.54) is 40.9 Å². The molecule has 136 valence electrons. The number of nitrogens with zero attached hydrogens (tertiary/aromatic N) is 3. The van der Waals surface area contributed by atoms with E-state index < -0.39 is 0 Å². The van der Waals surface area contributed by atoms with E-state index in [2.05, 4.69) is 33.9 Å². The van der Waals surface area contributed by atoms with E-state index in [4.69, 9.17) is 0 Å². The van der Waals surface area contributed by atoms with Gasteiger partial charge in [0.15, 0.2) is 11.0 Å². The number of thiophene rings is 1. The number of hydrogen-bond donors (Lipinski definition) is 1. The molecule has 5 nitrogen and oxygen atoms in total. The summed E-state index contributed by atoms with van der Waals surface area (Å²) in [6, 6.07) is 7.83. The lowest BCUT2D eigenvalue weighted by Gasteiger charge is -2.05. The molecule has 0 bridgehead atoms. The van der Waals surface area contributed by atoms with Gasteiger partial charge in [0.2, 0.25) is 5.91 Å². The number of rotatable bonds is 7. The Balaban J connectivity index is 1.60. The second-order valence-electron chi connectivity index (χ2n) is 5.76. The van der Waals surface area contributed by atoms with Gasteiger partial charge in [-0.1, -0.05) is 25.1 Å². The van der Waals surface area contributed by atoms with E-state index in [0.717, 1.165) is 24.2 Å². The molecule has 0 atom stereocenters. The lowest BCUT2D eigenvalue weighted by molar-refractivity contribution is -0.113. The normalized spacial score (nSPS) is 10.9. The highest BCUT2D eigenvalue weighted by molar-refractivity contribution is 7.99. The van der Waals surface area contributed by atoms with Crippen molar-refractivity contribution >= 4 is 34.7 Å². The number of aryl methyl sites for hydroxylation is 1. The maximum atomic E-state index is 12.9. The molecule has 8 heteroatoms. The topological polar surface area (TPSA) is 59.8 Å². The van der Waals surface area contributed by atoms with Gasteiger partial charge in [-0.25, -0.2) is 4.39 Å². The van der Waals surface area contributed by atoms with Gasteiger partial charge in [-0.2, -0.15) is 0 Å². The molecule has 3 rings (SSSR count). The molecular formula is C18H19FN4OS2.